The first-order valence-electron chi connectivity index (χ1n) is 11.5. The first kappa shape index (κ1) is 24.1. The predicted molar refractivity (Wildman–Crippen MR) is 129 cm³/mol. The number of ether oxygens (including phenoxy) is 1. The molecule has 1 aliphatic carbocycles. The van der Waals surface area contributed by atoms with Gasteiger partial charge >= 0.3 is 12.1 Å². The van der Waals surface area contributed by atoms with Crippen molar-refractivity contribution >= 4 is 18.0 Å². The SMILES string of the molecule is CC(C)(CCNC(=O)OCC1c2ccccc2-c2ccccc21)C(=O)NCc1ccc(C(=O)O)o1. The average molecular weight is 477 g/mol. The predicted octanol–water partition coefficient (Wildman–Crippen LogP) is 4.55. The normalized spacial score (nSPS) is 12.5. The molecule has 1 heterocycles. The molecule has 182 valence electrons. The Bertz CT molecular complexity index is 1200. The largest absolute Gasteiger partial charge is 0.475 e. The van der Waals surface area contributed by atoms with Gasteiger partial charge in [0.25, 0.3) is 0 Å². The Balaban J connectivity index is 1.24. The van der Waals surface area contributed by atoms with Crippen LogP contribution in [-0.2, 0) is 16.1 Å². The molecule has 1 aliphatic rings. The number of carboxylic acid groups (broad SMARTS) is 1. The van der Waals surface area contributed by atoms with Crippen molar-refractivity contribution < 1.29 is 28.6 Å². The van der Waals surface area contributed by atoms with Gasteiger partial charge < -0.3 is 24.9 Å². The zero-order valence-electron chi connectivity index (χ0n) is 19.7. The molecule has 0 aliphatic heterocycles. The van der Waals surface area contributed by atoms with E-state index >= 15 is 0 Å². The molecular formula is C27H28N2O6. The molecule has 0 bridgehead atoms. The van der Waals surface area contributed by atoms with Crippen molar-refractivity contribution in [3.8, 4) is 11.1 Å². The topological polar surface area (TPSA) is 118 Å². The molecule has 0 unspecified atom stereocenters. The summed E-state index contributed by atoms with van der Waals surface area (Å²) in [5.74, 6) is -1.25. The number of carbonyl (C=O) groups is 3. The highest BCUT2D eigenvalue weighted by Crippen LogP contribution is 2.44. The quantitative estimate of drug-likeness (QED) is 0.417. The van der Waals surface area contributed by atoms with E-state index < -0.39 is 17.5 Å². The molecule has 3 N–H and O–H groups in total. The van der Waals surface area contributed by atoms with E-state index in [0.717, 1.165) is 11.1 Å². The number of hydrogen-bond donors (Lipinski definition) is 3. The number of rotatable bonds is 9. The second-order valence-corrected chi connectivity index (χ2v) is 9.14. The van der Waals surface area contributed by atoms with Crippen LogP contribution >= 0.6 is 0 Å². The van der Waals surface area contributed by atoms with Gasteiger partial charge in [0.1, 0.15) is 12.4 Å². The van der Waals surface area contributed by atoms with Gasteiger partial charge in [0.15, 0.2) is 0 Å². The Morgan fingerprint density at radius 2 is 1.57 bits per heavy atom. The summed E-state index contributed by atoms with van der Waals surface area (Å²) in [6.07, 6.45) is -0.137. The van der Waals surface area contributed by atoms with E-state index in [1.165, 1.54) is 23.3 Å². The van der Waals surface area contributed by atoms with Crippen LogP contribution in [0.2, 0.25) is 0 Å². The summed E-state index contributed by atoms with van der Waals surface area (Å²) in [5.41, 5.74) is 3.86. The summed E-state index contributed by atoms with van der Waals surface area (Å²) in [5, 5.41) is 14.4. The van der Waals surface area contributed by atoms with E-state index in [0.29, 0.717) is 12.2 Å². The lowest BCUT2D eigenvalue weighted by Gasteiger charge is -2.23. The fraction of sp³-hybridized carbons (Fsp3) is 0.296. The van der Waals surface area contributed by atoms with Gasteiger partial charge in [-0.1, -0.05) is 62.4 Å². The van der Waals surface area contributed by atoms with Crippen LogP contribution in [0, 0.1) is 5.41 Å². The lowest BCUT2D eigenvalue weighted by Crippen LogP contribution is -2.39. The van der Waals surface area contributed by atoms with E-state index in [1.807, 2.05) is 24.3 Å². The molecule has 2 aromatic carbocycles. The van der Waals surface area contributed by atoms with Crippen molar-refractivity contribution in [2.45, 2.75) is 32.7 Å². The molecule has 35 heavy (non-hydrogen) atoms. The number of hydrogen-bond acceptors (Lipinski definition) is 5. The van der Waals surface area contributed by atoms with Gasteiger partial charge in [0.2, 0.25) is 11.7 Å². The van der Waals surface area contributed by atoms with Gasteiger partial charge in [0, 0.05) is 17.9 Å². The van der Waals surface area contributed by atoms with Crippen molar-refractivity contribution in [1.29, 1.82) is 0 Å². The van der Waals surface area contributed by atoms with Crippen molar-refractivity contribution in [2.24, 2.45) is 5.41 Å². The summed E-state index contributed by atoms with van der Waals surface area (Å²) in [6, 6.07) is 19.1. The van der Waals surface area contributed by atoms with Gasteiger partial charge in [-0.25, -0.2) is 9.59 Å². The Morgan fingerprint density at radius 1 is 0.943 bits per heavy atom. The smallest absolute Gasteiger partial charge is 0.407 e. The summed E-state index contributed by atoms with van der Waals surface area (Å²) in [4.78, 5) is 35.8. The van der Waals surface area contributed by atoms with E-state index in [-0.39, 0.29) is 37.3 Å². The number of aromatic carboxylic acids is 1. The maximum absolute atomic E-state index is 12.6. The standard InChI is InChI=1S/C27H28N2O6/c1-27(2,25(32)29-15-17-11-12-23(35-17)24(30)31)13-14-28-26(33)34-16-22-20-9-5-3-7-18(20)19-8-4-6-10-21(19)22/h3-12,22H,13-16H2,1-2H3,(H,28,33)(H,29,32)(H,30,31). The third-order valence-corrected chi connectivity index (χ3v) is 6.27. The Morgan fingerprint density at radius 3 is 2.17 bits per heavy atom. The molecule has 2 amide bonds. The Hall–Kier alpha value is -4.07. The minimum absolute atomic E-state index is 0.0152. The highest BCUT2D eigenvalue weighted by molar-refractivity contribution is 5.84. The molecule has 8 heteroatoms. The van der Waals surface area contributed by atoms with Crippen molar-refractivity contribution in [3.63, 3.8) is 0 Å². The molecule has 4 rings (SSSR count). The first-order chi connectivity index (χ1) is 16.8. The molecule has 0 atom stereocenters. The summed E-state index contributed by atoms with van der Waals surface area (Å²) in [7, 11) is 0. The summed E-state index contributed by atoms with van der Waals surface area (Å²) < 4.78 is 10.7. The number of benzene rings is 2. The highest BCUT2D eigenvalue weighted by Gasteiger charge is 2.30. The zero-order chi connectivity index (χ0) is 25.0. The number of carboxylic acids is 1. The third kappa shape index (κ3) is 5.37. The Kier molecular flexibility index (Phi) is 6.91. The van der Waals surface area contributed by atoms with Crippen LogP contribution in [0.15, 0.2) is 65.1 Å². The minimum Gasteiger partial charge on any atom is -0.475 e. The molecule has 0 radical (unpaired) electrons. The molecule has 0 spiro atoms. The fourth-order valence-electron chi connectivity index (χ4n) is 4.23. The lowest BCUT2D eigenvalue weighted by atomic mass is 9.88. The maximum atomic E-state index is 12.6. The van der Waals surface area contributed by atoms with Crippen LogP contribution in [-0.4, -0.2) is 36.2 Å². The summed E-state index contributed by atoms with van der Waals surface area (Å²) in [6.45, 7) is 4.11. The van der Waals surface area contributed by atoms with Crippen LogP contribution < -0.4 is 10.6 Å². The molecule has 0 fully saturated rings. The van der Waals surface area contributed by atoms with E-state index in [9.17, 15) is 14.4 Å². The second-order valence-electron chi connectivity index (χ2n) is 9.14. The second kappa shape index (κ2) is 10.0. The maximum Gasteiger partial charge on any atom is 0.407 e. The van der Waals surface area contributed by atoms with E-state index in [1.54, 1.807) is 13.8 Å². The fourth-order valence-corrected chi connectivity index (χ4v) is 4.23. The molecule has 0 saturated carbocycles. The lowest BCUT2D eigenvalue weighted by molar-refractivity contribution is -0.129. The number of fused-ring (bicyclic) bond motifs is 3. The summed E-state index contributed by atoms with van der Waals surface area (Å²) >= 11 is 0. The van der Waals surface area contributed by atoms with Crippen molar-refractivity contribution in [1.82, 2.24) is 10.6 Å². The molecular weight excluding hydrogens is 448 g/mol. The Labute approximate surface area is 203 Å². The molecule has 8 nitrogen and oxygen atoms in total. The third-order valence-electron chi connectivity index (χ3n) is 6.27. The minimum atomic E-state index is -1.16. The number of nitrogens with one attached hydrogen (secondary N) is 2. The highest BCUT2D eigenvalue weighted by atomic mass is 16.5. The van der Waals surface area contributed by atoms with Crippen LogP contribution in [0.25, 0.3) is 11.1 Å². The number of furan rings is 1. The molecule has 1 aromatic heterocycles. The number of alkyl carbamates (subject to hydrolysis) is 1. The van der Waals surface area contributed by atoms with Crippen molar-refractivity contribution in [3.05, 3.63) is 83.3 Å². The van der Waals surface area contributed by atoms with Crippen LogP contribution in [0.3, 0.4) is 0 Å². The van der Waals surface area contributed by atoms with Gasteiger partial charge in [-0.05, 0) is 40.8 Å². The monoisotopic (exact) mass is 476 g/mol. The molecule has 3 aromatic rings. The van der Waals surface area contributed by atoms with Crippen molar-refractivity contribution in [2.75, 3.05) is 13.2 Å². The van der Waals surface area contributed by atoms with Crippen LogP contribution in [0.5, 0.6) is 0 Å². The van der Waals surface area contributed by atoms with Crippen LogP contribution in [0.4, 0.5) is 4.79 Å². The molecule has 0 saturated heterocycles. The van der Waals surface area contributed by atoms with E-state index in [4.69, 9.17) is 14.3 Å². The van der Waals surface area contributed by atoms with Gasteiger partial charge in [-0.2, -0.15) is 0 Å². The number of carbonyl (C=O) groups excluding carboxylic acids is 2. The average Bonchev–Trinajstić information content (AvgIpc) is 3.44. The van der Waals surface area contributed by atoms with Gasteiger partial charge in [0.05, 0.1) is 6.54 Å². The van der Waals surface area contributed by atoms with Gasteiger partial charge in [-0.15, -0.1) is 0 Å². The first-order valence-corrected chi connectivity index (χ1v) is 11.5. The van der Waals surface area contributed by atoms with Crippen LogP contribution in [0.1, 0.15) is 53.6 Å². The zero-order valence-corrected chi connectivity index (χ0v) is 19.7. The number of amides is 2. The van der Waals surface area contributed by atoms with E-state index in [2.05, 4.69) is 34.9 Å². The van der Waals surface area contributed by atoms with Gasteiger partial charge in [-0.3, -0.25) is 4.79 Å².